The van der Waals surface area contributed by atoms with Gasteiger partial charge in [-0.25, -0.2) is 14.8 Å². The number of nitrogens with zero attached hydrogens (tertiary/aromatic N) is 4. The molecule has 1 aliphatic rings. The average molecular weight is 290 g/mol. The lowest BCUT2D eigenvalue weighted by atomic mass is 10.2. The molecule has 6 nitrogen and oxygen atoms in total. The van der Waals surface area contributed by atoms with Gasteiger partial charge in [0.25, 0.3) is 0 Å². The molecule has 1 fully saturated rings. The lowest BCUT2D eigenvalue weighted by Gasteiger charge is -2.38. The second-order valence-corrected chi connectivity index (χ2v) is 4.54. The zero-order chi connectivity index (χ0) is 14.9. The van der Waals surface area contributed by atoms with Gasteiger partial charge in [-0.3, -0.25) is 0 Å². The molecule has 110 valence electrons. The number of halogens is 3. The Labute approximate surface area is 112 Å². The van der Waals surface area contributed by atoms with Crippen molar-refractivity contribution in [1.29, 1.82) is 0 Å². The fourth-order valence-corrected chi connectivity index (χ4v) is 2.05. The van der Waals surface area contributed by atoms with Crippen molar-refractivity contribution in [3.63, 3.8) is 0 Å². The second kappa shape index (κ2) is 5.14. The van der Waals surface area contributed by atoms with Crippen molar-refractivity contribution in [3.8, 4) is 0 Å². The van der Waals surface area contributed by atoms with Crippen LogP contribution in [-0.2, 0) is 6.18 Å². The third-order valence-electron chi connectivity index (χ3n) is 3.12. The van der Waals surface area contributed by atoms with Gasteiger partial charge in [0.05, 0.1) is 5.56 Å². The van der Waals surface area contributed by atoms with Gasteiger partial charge < -0.3 is 14.9 Å². The van der Waals surface area contributed by atoms with Gasteiger partial charge in [0, 0.05) is 38.1 Å². The Morgan fingerprint density at radius 2 is 1.95 bits per heavy atom. The molecule has 0 unspecified atom stereocenters. The van der Waals surface area contributed by atoms with Crippen LogP contribution < -0.4 is 4.90 Å². The largest absolute Gasteiger partial charge is 0.465 e. The van der Waals surface area contributed by atoms with Crippen molar-refractivity contribution >= 4 is 12.0 Å². The van der Waals surface area contributed by atoms with Gasteiger partial charge in [-0.05, 0) is 6.92 Å². The molecule has 0 radical (unpaired) electrons. The molecule has 1 saturated heterocycles. The highest BCUT2D eigenvalue weighted by Gasteiger charge is 2.32. The summed E-state index contributed by atoms with van der Waals surface area (Å²) < 4.78 is 37.2. The summed E-state index contributed by atoms with van der Waals surface area (Å²) in [5.41, 5.74) is -0.904. The molecule has 0 aliphatic carbocycles. The number of carboxylic acid groups (broad SMARTS) is 1. The zero-order valence-corrected chi connectivity index (χ0v) is 10.6. The molecule has 1 amide bonds. The van der Waals surface area contributed by atoms with Gasteiger partial charge in [0.15, 0.2) is 0 Å². The fraction of sp³-hybridized carbons (Fsp3) is 0.545. The van der Waals surface area contributed by atoms with Crippen LogP contribution in [0.5, 0.6) is 0 Å². The summed E-state index contributed by atoms with van der Waals surface area (Å²) in [5, 5.41) is 8.94. The van der Waals surface area contributed by atoms with Crippen molar-refractivity contribution in [1.82, 2.24) is 14.9 Å². The van der Waals surface area contributed by atoms with Gasteiger partial charge in [0.1, 0.15) is 0 Å². The Balaban J connectivity index is 2.08. The number of alkyl halides is 3. The molecule has 2 heterocycles. The molecular weight excluding hydrogens is 277 g/mol. The summed E-state index contributed by atoms with van der Waals surface area (Å²) >= 11 is 0. The van der Waals surface area contributed by atoms with Crippen molar-refractivity contribution in [3.05, 3.63) is 18.0 Å². The van der Waals surface area contributed by atoms with Crippen LogP contribution in [0.1, 0.15) is 12.5 Å². The Morgan fingerprint density at radius 3 is 2.40 bits per heavy atom. The first-order valence-electron chi connectivity index (χ1n) is 5.93. The number of amides is 1. The van der Waals surface area contributed by atoms with Crippen molar-refractivity contribution in [2.45, 2.75) is 19.1 Å². The summed E-state index contributed by atoms with van der Waals surface area (Å²) in [6.45, 7) is 2.69. The molecule has 2 rings (SSSR count). The number of rotatable bonds is 1. The van der Waals surface area contributed by atoms with Crippen LogP contribution in [0.15, 0.2) is 12.4 Å². The standard InChI is InChI=1S/C11H13F3N4O2/c1-7-6-17(2-3-18(7)10(19)20)9-15-4-8(5-16-9)11(12,13)14/h4-5,7H,2-3,6H2,1H3,(H,19,20)/t7-/m0/s1. The summed E-state index contributed by atoms with van der Waals surface area (Å²) in [4.78, 5) is 21.3. The molecule has 1 aliphatic heterocycles. The number of carbonyl (C=O) groups is 1. The molecule has 1 N–H and O–H groups in total. The van der Waals surface area contributed by atoms with Crippen molar-refractivity contribution in [2.75, 3.05) is 24.5 Å². The highest BCUT2D eigenvalue weighted by Crippen LogP contribution is 2.28. The van der Waals surface area contributed by atoms with Crippen LogP contribution in [0.2, 0.25) is 0 Å². The molecule has 1 aromatic heterocycles. The maximum Gasteiger partial charge on any atom is 0.419 e. The van der Waals surface area contributed by atoms with Crippen LogP contribution in [-0.4, -0.2) is 51.7 Å². The van der Waals surface area contributed by atoms with E-state index in [0.717, 1.165) is 12.4 Å². The summed E-state index contributed by atoms with van der Waals surface area (Å²) in [6.07, 6.45) is -4.01. The van der Waals surface area contributed by atoms with E-state index in [2.05, 4.69) is 9.97 Å². The van der Waals surface area contributed by atoms with E-state index in [-0.39, 0.29) is 18.5 Å². The fourth-order valence-electron chi connectivity index (χ4n) is 2.05. The van der Waals surface area contributed by atoms with Gasteiger partial charge >= 0.3 is 12.3 Å². The Kier molecular flexibility index (Phi) is 3.69. The lowest BCUT2D eigenvalue weighted by Crippen LogP contribution is -2.54. The molecule has 1 atom stereocenters. The topological polar surface area (TPSA) is 69.6 Å². The Hall–Kier alpha value is -2.06. The first-order chi connectivity index (χ1) is 9.29. The predicted octanol–water partition coefficient (Wildman–Crippen LogP) is 1.68. The first-order valence-corrected chi connectivity index (χ1v) is 5.93. The third kappa shape index (κ3) is 2.91. The van der Waals surface area contributed by atoms with Crippen LogP contribution in [0.4, 0.5) is 23.9 Å². The molecule has 0 spiro atoms. The highest BCUT2D eigenvalue weighted by molar-refractivity contribution is 5.66. The molecule has 9 heteroatoms. The van der Waals surface area contributed by atoms with E-state index in [9.17, 15) is 18.0 Å². The number of piperazine rings is 1. The van der Waals surface area contributed by atoms with E-state index in [1.54, 1.807) is 11.8 Å². The van der Waals surface area contributed by atoms with Crippen molar-refractivity contribution < 1.29 is 23.1 Å². The van der Waals surface area contributed by atoms with Crippen LogP contribution in [0.3, 0.4) is 0 Å². The SMILES string of the molecule is C[C@H]1CN(c2ncc(C(F)(F)F)cn2)CCN1C(=O)O. The van der Waals surface area contributed by atoms with Gasteiger partial charge in [0.2, 0.25) is 5.95 Å². The number of hydrogen-bond acceptors (Lipinski definition) is 4. The quantitative estimate of drug-likeness (QED) is 0.852. The van der Waals surface area contributed by atoms with Crippen LogP contribution in [0.25, 0.3) is 0 Å². The molecular formula is C11H13F3N4O2. The number of hydrogen-bond donors (Lipinski definition) is 1. The van der Waals surface area contributed by atoms with E-state index in [4.69, 9.17) is 5.11 Å². The van der Waals surface area contributed by atoms with Crippen LogP contribution in [0, 0.1) is 0 Å². The lowest BCUT2D eigenvalue weighted by molar-refractivity contribution is -0.138. The second-order valence-electron chi connectivity index (χ2n) is 4.54. The number of anilines is 1. The van der Waals surface area contributed by atoms with E-state index in [0.29, 0.717) is 13.1 Å². The molecule has 1 aromatic rings. The van der Waals surface area contributed by atoms with Crippen molar-refractivity contribution in [2.24, 2.45) is 0 Å². The van der Waals surface area contributed by atoms with E-state index < -0.39 is 17.8 Å². The highest BCUT2D eigenvalue weighted by atomic mass is 19.4. The molecule has 0 bridgehead atoms. The zero-order valence-electron chi connectivity index (χ0n) is 10.6. The van der Waals surface area contributed by atoms with Gasteiger partial charge in [-0.1, -0.05) is 0 Å². The summed E-state index contributed by atoms with van der Waals surface area (Å²) in [5.74, 6) is 0.176. The van der Waals surface area contributed by atoms with Gasteiger partial charge in [-0.15, -0.1) is 0 Å². The van der Waals surface area contributed by atoms with Gasteiger partial charge in [-0.2, -0.15) is 13.2 Å². The van der Waals surface area contributed by atoms with E-state index in [1.807, 2.05) is 0 Å². The molecule has 0 aromatic carbocycles. The Morgan fingerprint density at radius 1 is 1.35 bits per heavy atom. The minimum absolute atomic E-state index is 0.176. The van der Waals surface area contributed by atoms with Crippen LogP contribution >= 0.6 is 0 Å². The smallest absolute Gasteiger partial charge is 0.419 e. The maximum atomic E-state index is 12.4. The summed E-state index contributed by atoms with van der Waals surface area (Å²) in [6, 6.07) is -0.271. The first kappa shape index (κ1) is 14.4. The minimum Gasteiger partial charge on any atom is -0.465 e. The number of aromatic nitrogens is 2. The normalized spacial score (nSPS) is 20.1. The third-order valence-corrected chi connectivity index (χ3v) is 3.12. The van der Waals surface area contributed by atoms with E-state index in [1.165, 1.54) is 4.90 Å². The minimum atomic E-state index is -4.46. The Bertz CT molecular complexity index is 491. The summed E-state index contributed by atoms with van der Waals surface area (Å²) in [7, 11) is 0. The van der Waals surface area contributed by atoms with E-state index >= 15 is 0 Å². The monoisotopic (exact) mass is 290 g/mol. The predicted molar refractivity (Wildman–Crippen MR) is 63.4 cm³/mol. The molecule has 0 saturated carbocycles. The molecule has 20 heavy (non-hydrogen) atoms. The average Bonchev–Trinajstić information content (AvgIpc) is 2.37. The maximum absolute atomic E-state index is 12.4.